The Morgan fingerprint density at radius 3 is 2.21 bits per heavy atom. The van der Waals surface area contributed by atoms with E-state index in [1.54, 1.807) is 56.6 Å². The van der Waals surface area contributed by atoms with Gasteiger partial charge in [0.2, 0.25) is 0 Å². The predicted octanol–water partition coefficient (Wildman–Crippen LogP) is 3.77. The zero-order valence-electron chi connectivity index (χ0n) is 16.2. The van der Waals surface area contributed by atoms with E-state index in [0.29, 0.717) is 6.54 Å². The van der Waals surface area contributed by atoms with Gasteiger partial charge in [0.05, 0.1) is 23.3 Å². The Kier molecular flexibility index (Phi) is 6.19. The summed E-state index contributed by atoms with van der Waals surface area (Å²) in [6, 6.07) is 22.0. The Balaban J connectivity index is 1.81. The van der Waals surface area contributed by atoms with Crippen LogP contribution in [0.2, 0.25) is 0 Å². The summed E-state index contributed by atoms with van der Waals surface area (Å²) >= 11 is 0. The Morgan fingerprint density at radius 2 is 1.55 bits per heavy atom. The monoisotopic (exact) mass is 410 g/mol. The molecule has 1 N–H and O–H groups in total. The fourth-order valence-corrected chi connectivity index (χ4v) is 3.94. The van der Waals surface area contributed by atoms with Crippen molar-refractivity contribution in [2.24, 2.45) is 0 Å². The fourth-order valence-electron chi connectivity index (χ4n) is 2.84. The first-order valence-corrected chi connectivity index (χ1v) is 10.4. The van der Waals surface area contributed by atoms with Crippen LogP contribution < -0.4 is 9.46 Å². The van der Waals surface area contributed by atoms with Gasteiger partial charge < -0.3 is 9.64 Å². The highest BCUT2D eigenvalue weighted by Crippen LogP contribution is 2.22. The quantitative estimate of drug-likeness (QED) is 0.643. The number of benzene rings is 3. The Bertz CT molecular complexity index is 1080. The normalized spacial score (nSPS) is 11.0. The Hall–Kier alpha value is -3.32. The van der Waals surface area contributed by atoms with Gasteiger partial charge in [0.25, 0.3) is 15.9 Å². The number of hydrogen-bond donors (Lipinski definition) is 1. The van der Waals surface area contributed by atoms with Crippen molar-refractivity contribution < 1.29 is 17.9 Å². The highest BCUT2D eigenvalue weighted by Gasteiger charge is 2.20. The second-order valence-corrected chi connectivity index (χ2v) is 8.16. The van der Waals surface area contributed by atoms with Crippen LogP contribution in [0.3, 0.4) is 0 Å². The molecule has 150 valence electrons. The number of amides is 1. The SMILES string of the molecule is COc1ccc(CN(C)C(=O)c2ccccc2NS(=O)(=O)c2ccccc2)cc1. The maximum atomic E-state index is 13.0. The van der Waals surface area contributed by atoms with Crippen LogP contribution in [0, 0.1) is 0 Å². The lowest BCUT2D eigenvalue weighted by molar-refractivity contribution is 0.0786. The molecule has 0 aliphatic rings. The zero-order valence-corrected chi connectivity index (χ0v) is 17.0. The lowest BCUT2D eigenvalue weighted by Gasteiger charge is -2.20. The van der Waals surface area contributed by atoms with E-state index >= 15 is 0 Å². The van der Waals surface area contributed by atoms with Gasteiger partial charge in [-0.25, -0.2) is 8.42 Å². The number of sulfonamides is 1. The zero-order chi connectivity index (χ0) is 20.9. The van der Waals surface area contributed by atoms with Gasteiger partial charge in [-0.2, -0.15) is 0 Å². The number of hydrogen-bond acceptors (Lipinski definition) is 4. The molecule has 0 spiro atoms. The number of para-hydroxylation sites is 1. The van der Waals surface area contributed by atoms with E-state index in [0.717, 1.165) is 11.3 Å². The van der Waals surface area contributed by atoms with Crippen LogP contribution in [-0.4, -0.2) is 33.4 Å². The molecular weight excluding hydrogens is 388 g/mol. The molecule has 3 aromatic rings. The van der Waals surface area contributed by atoms with Crippen LogP contribution in [-0.2, 0) is 16.6 Å². The van der Waals surface area contributed by atoms with Crippen molar-refractivity contribution >= 4 is 21.6 Å². The van der Waals surface area contributed by atoms with Gasteiger partial charge in [-0.1, -0.05) is 42.5 Å². The highest BCUT2D eigenvalue weighted by molar-refractivity contribution is 7.92. The van der Waals surface area contributed by atoms with E-state index in [1.165, 1.54) is 17.0 Å². The van der Waals surface area contributed by atoms with Gasteiger partial charge in [-0.3, -0.25) is 9.52 Å². The molecule has 29 heavy (non-hydrogen) atoms. The van der Waals surface area contributed by atoms with Gasteiger partial charge >= 0.3 is 0 Å². The molecule has 0 radical (unpaired) electrons. The van der Waals surface area contributed by atoms with Gasteiger partial charge in [0, 0.05) is 13.6 Å². The van der Waals surface area contributed by atoms with Gasteiger partial charge in [0.15, 0.2) is 0 Å². The molecule has 3 rings (SSSR count). The van der Waals surface area contributed by atoms with Crippen LogP contribution in [0.4, 0.5) is 5.69 Å². The van der Waals surface area contributed by atoms with Crippen LogP contribution in [0.25, 0.3) is 0 Å². The molecule has 0 saturated carbocycles. The van der Waals surface area contributed by atoms with Gasteiger partial charge in [-0.05, 0) is 42.0 Å². The average Bonchev–Trinajstić information content (AvgIpc) is 2.74. The molecular formula is C22H22N2O4S. The Morgan fingerprint density at radius 1 is 0.931 bits per heavy atom. The summed E-state index contributed by atoms with van der Waals surface area (Å²) < 4.78 is 33.0. The number of anilines is 1. The first-order valence-electron chi connectivity index (χ1n) is 8.96. The number of nitrogens with one attached hydrogen (secondary N) is 1. The fraction of sp³-hybridized carbons (Fsp3) is 0.136. The minimum atomic E-state index is -3.80. The lowest BCUT2D eigenvalue weighted by Crippen LogP contribution is -2.27. The largest absolute Gasteiger partial charge is 0.497 e. The summed E-state index contributed by atoms with van der Waals surface area (Å²) in [6.45, 7) is 0.378. The third kappa shape index (κ3) is 4.94. The van der Waals surface area contributed by atoms with Crippen molar-refractivity contribution in [3.05, 3.63) is 90.0 Å². The molecule has 1 amide bonds. The molecule has 0 unspecified atom stereocenters. The lowest BCUT2D eigenvalue weighted by atomic mass is 10.1. The molecule has 7 heteroatoms. The maximum Gasteiger partial charge on any atom is 0.261 e. The van der Waals surface area contributed by atoms with E-state index in [9.17, 15) is 13.2 Å². The number of rotatable bonds is 7. The van der Waals surface area contributed by atoms with Crippen molar-refractivity contribution in [3.8, 4) is 5.75 Å². The molecule has 0 atom stereocenters. The summed E-state index contributed by atoms with van der Waals surface area (Å²) in [5, 5.41) is 0. The summed E-state index contributed by atoms with van der Waals surface area (Å²) in [5.74, 6) is 0.454. The topological polar surface area (TPSA) is 75.7 Å². The minimum Gasteiger partial charge on any atom is -0.497 e. The number of nitrogens with zero attached hydrogens (tertiary/aromatic N) is 1. The first kappa shape index (κ1) is 20.4. The number of carbonyl (C=O) groups excluding carboxylic acids is 1. The highest BCUT2D eigenvalue weighted by atomic mass is 32.2. The first-order chi connectivity index (χ1) is 13.9. The molecule has 0 saturated heterocycles. The van der Waals surface area contributed by atoms with Gasteiger partial charge in [-0.15, -0.1) is 0 Å². The van der Waals surface area contributed by atoms with E-state index in [2.05, 4.69) is 4.72 Å². The standard InChI is InChI=1S/C22H22N2O4S/c1-24(16-17-12-14-18(28-2)15-13-17)22(25)20-10-6-7-11-21(20)23-29(26,27)19-8-4-3-5-9-19/h3-15,23H,16H2,1-2H3. The molecule has 0 aliphatic carbocycles. The molecule has 0 aromatic heterocycles. The van der Waals surface area contributed by atoms with Crippen molar-refractivity contribution in [1.82, 2.24) is 4.90 Å². The van der Waals surface area contributed by atoms with Crippen molar-refractivity contribution in [2.75, 3.05) is 18.9 Å². The van der Waals surface area contributed by atoms with Crippen molar-refractivity contribution in [1.29, 1.82) is 0 Å². The molecule has 0 bridgehead atoms. The van der Waals surface area contributed by atoms with Gasteiger partial charge in [0.1, 0.15) is 5.75 Å². The van der Waals surface area contributed by atoms with E-state index in [-0.39, 0.29) is 22.1 Å². The average molecular weight is 410 g/mol. The van der Waals surface area contributed by atoms with Crippen LogP contribution in [0.1, 0.15) is 15.9 Å². The Labute approximate surface area is 170 Å². The smallest absolute Gasteiger partial charge is 0.261 e. The number of ether oxygens (including phenoxy) is 1. The van der Waals surface area contributed by atoms with Crippen molar-refractivity contribution in [3.63, 3.8) is 0 Å². The summed E-state index contributed by atoms with van der Waals surface area (Å²) in [5.41, 5.74) is 1.45. The van der Waals surface area contributed by atoms with Crippen LogP contribution in [0.5, 0.6) is 5.75 Å². The summed E-state index contributed by atoms with van der Waals surface area (Å²) in [7, 11) is -0.525. The maximum absolute atomic E-state index is 13.0. The summed E-state index contributed by atoms with van der Waals surface area (Å²) in [6.07, 6.45) is 0. The van der Waals surface area contributed by atoms with E-state index in [1.807, 2.05) is 24.3 Å². The van der Waals surface area contributed by atoms with Crippen molar-refractivity contribution in [2.45, 2.75) is 11.4 Å². The predicted molar refractivity (Wildman–Crippen MR) is 112 cm³/mol. The third-order valence-corrected chi connectivity index (χ3v) is 5.76. The minimum absolute atomic E-state index is 0.133. The second-order valence-electron chi connectivity index (χ2n) is 6.47. The molecule has 0 heterocycles. The molecule has 3 aromatic carbocycles. The molecule has 0 fully saturated rings. The van der Waals surface area contributed by atoms with E-state index < -0.39 is 10.0 Å². The molecule has 0 aliphatic heterocycles. The second kappa shape index (κ2) is 8.79. The van der Waals surface area contributed by atoms with Crippen LogP contribution in [0.15, 0.2) is 83.8 Å². The molecule has 6 nitrogen and oxygen atoms in total. The number of carbonyl (C=O) groups is 1. The number of methoxy groups -OCH3 is 1. The van der Waals surface area contributed by atoms with E-state index in [4.69, 9.17) is 4.74 Å². The third-order valence-electron chi connectivity index (χ3n) is 4.38. The summed E-state index contributed by atoms with van der Waals surface area (Å²) in [4.78, 5) is 14.7. The van der Waals surface area contributed by atoms with Crippen LogP contribution >= 0.6 is 0 Å².